The number of aliphatic hydroxyl groups excluding tert-OH is 2. The fourth-order valence-corrected chi connectivity index (χ4v) is 3.17. The number of aryl methyl sites for hydroxylation is 1. The Morgan fingerprint density at radius 1 is 1.20 bits per heavy atom. The van der Waals surface area contributed by atoms with Crippen molar-refractivity contribution in [3.8, 4) is 10.4 Å². The van der Waals surface area contributed by atoms with Crippen LogP contribution < -0.4 is 10.6 Å². The molecule has 0 aliphatic heterocycles. The Kier molecular flexibility index (Phi) is 5.00. The molecule has 108 valence electrons. The number of hydrogen-bond acceptors (Lipinski definition) is 5. The first-order valence-electron chi connectivity index (χ1n) is 6.58. The van der Waals surface area contributed by atoms with Crippen LogP contribution >= 0.6 is 11.3 Å². The van der Waals surface area contributed by atoms with E-state index in [-0.39, 0.29) is 13.2 Å². The highest BCUT2D eigenvalue weighted by atomic mass is 32.1. The molecule has 0 aliphatic rings. The first-order valence-corrected chi connectivity index (χ1v) is 7.46. The summed E-state index contributed by atoms with van der Waals surface area (Å²) in [7, 11) is 0. The van der Waals surface area contributed by atoms with Crippen LogP contribution in [-0.2, 0) is 0 Å². The minimum absolute atomic E-state index is 0.0493. The largest absolute Gasteiger partial charge is 0.399 e. The Labute approximate surface area is 123 Å². The van der Waals surface area contributed by atoms with Gasteiger partial charge < -0.3 is 20.8 Å². The van der Waals surface area contributed by atoms with Crippen LogP contribution in [-0.4, -0.2) is 36.5 Å². The van der Waals surface area contributed by atoms with Crippen LogP contribution in [0.2, 0.25) is 0 Å². The van der Waals surface area contributed by atoms with E-state index in [9.17, 15) is 10.2 Å². The molecular weight excluding hydrogens is 272 g/mol. The van der Waals surface area contributed by atoms with E-state index in [0.717, 1.165) is 27.4 Å². The summed E-state index contributed by atoms with van der Waals surface area (Å²) in [4.78, 5) is 3.14. The maximum Gasteiger partial charge on any atom is 0.0606 e. The summed E-state index contributed by atoms with van der Waals surface area (Å²) in [6, 6.07) is 7.94. The number of aliphatic hydroxyl groups is 2. The van der Waals surface area contributed by atoms with Crippen LogP contribution in [0, 0.1) is 6.92 Å². The third-order valence-electron chi connectivity index (χ3n) is 3.17. The average molecular weight is 292 g/mol. The predicted molar refractivity (Wildman–Crippen MR) is 85.3 cm³/mol. The number of nitrogen functional groups attached to an aromatic ring is 1. The summed E-state index contributed by atoms with van der Waals surface area (Å²) in [5.74, 6) is 0. The first kappa shape index (κ1) is 14.8. The van der Waals surface area contributed by atoms with E-state index in [1.165, 1.54) is 0 Å². The number of thiophene rings is 1. The molecule has 4 nitrogen and oxygen atoms in total. The molecule has 0 bridgehead atoms. The highest BCUT2D eigenvalue weighted by Crippen LogP contribution is 2.38. The molecule has 0 amide bonds. The van der Waals surface area contributed by atoms with Gasteiger partial charge in [-0.3, -0.25) is 0 Å². The van der Waals surface area contributed by atoms with Gasteiger partial charge in [0.25, 0.3) is 0 Å². The smallest absolute Gasteiger partial charge is 0.0606 e. The molecule has 0 unspecified atom stereocenters. The van der Waals surface area contributed by atoms with Gasteiger partial charge in [0.1, 0.15) is 0 Å². The van der Waals surface area contributed by atoms with Crippen molar-refractivity contribution in [1.82, 2.24) is 0 Å². The minimum atomic E-state index is 0.0493. The fraction of sp³-hybridized carbons (Fsp3) is 0.333. The van der Waals surface area contributed by atoms with E-state index in [0.29, 0.717) is 13.1 Å². The lowest BCUT2D eigenvalue weighted by Gasteiger charge is -2.27. The third-order valence-corrected chi connectivity index (χ3v) is 4.07. The number of nitrogens with zero attached hydrogens (tertiary/aromatic N) is 1. The molecule has 0 saturated carbocycles. The average Bonchev–Trinajstić information content (AvgIpc) is 2.91. The molecule has 0 aliphatic carbocycles. The van der Waals surface area contributed by atoms with Crippen molar-refractivity contribution in [3.05, 3.63) is 35.2 Å². The standard InChI is InChI=1S/C15H20N2O2S/c1-11-9-12(16)10-13(14-3-2-8-20-14)15(11)17(4-6-18)5-7-19/h2-3,8-10,18-19H,4-7,16H2,1H3. The summed E-state index contributed by atoms with van der Waals surface area (Å²) < 4.78 is 0. The van der Waals surface area contributed by atoms with Gasteiger partial charge in [-0.25, -0.2) is 0 Å². The van der Waals surface area contributed by atoms with Crippen molar-refractivity contribution in [2.24, 2.45) is 0 Å². The third kappa shape index (κ3) is 3.12. The zero-order valence-electron chi connectivity index (χ0n) is 11.5. The normalized spacial score (nSPS) is 10.8. The van der Waals surface area contributed by atoms with Crippen molar-refractivity contribution in [1.29, 1.82) is 0 Å². The van der Waals surface area contributed by atoms with Gasteiger partial charge in [0.2, 0.25) is 0 Å². The Bertz CT molecular complexity index is 549. The van der Waals surface area contributed by atoms with Crippen molar-refractivity contribution in [2.75, 3.05) is 36.9 Å². The highest BCUT2D eigenvalue weighted by molar-refractivity contribution is 7.13. The summed E-state index contributed by atoms with van der Waals surface area (Å²) in [6.45, 7) is 3.08. The van der Waals surface area contributed by atoms with Crippen LogP contribution in [0.3, 0.4) is 0 Å². The van der Waals surface area contributed by atoms with Gasteiger partial charge in [-0.1, -0.05) is 6.07 Å². The number of benzene rings is 1. The molecule has 4 N–H and O–H groups in total. The Morgan fingerprint density at radius 3 is 2.45 bits per heavy atom. The molecule has 0 spiro atoms. The molecule has 1 heterocycles. The molecule has 2 aromatic rings. The Hall–Kier alpha value is -1.56. The van der Waals surface area contributed by atoms with E-state index < -0.39 is 0 Å². The molecule has 0 atom stereocenters. The number of nitrogens with two attached hydrogens (primary N) is 1. The second-order valence-electron chi connectivity index (χ2n) is 4.65. The Balaban J connectivity index is 2.54. The van der Waals surface area contributed by atoms with E-state index >= 15 is 0 Å². The molecular formula is C15H20N2O2S. The van der Waals surface area contributed by atoms with Gasteiger partial charge in [-0.05, 0) is 36.1 Å². The summed E-state index contributed by atoms with van der Waals surface area (Å²) in [5.41, 5.74) is 9.83. The molecule has 0 fully saturated rings. The lowest BCUT2D eigenvalue weighted by molar-refractivity contribution is 0.281. The van der Waals surface area contributed by atoms with Gasteiger partial charge >= 0.3 is 0 Å². The van der Waals surface area contributed by atoms with Crippen LogP contribution in [0.1, 0.15) is 5.56 Å². The SMILES string of the molecule is Cc1cc(N)cc(-c2cccs2)c1N(CCO)CCO. The second kappa shape index (κ2) is 6.74. The summed E-state index contributed by atoms with van der Waals surface area (Å²) in [5, 5.41) is 20.5. The second-order valence-corrected chi connectivity index (χ2v) is 5.59. The summed E-state index contributed by atoms with van der Waals surface area (Å²) >= 11 is 1.65. The lowest BCUT2D eigenvalue weighted by atomic mass is 10.0. The van der Waals surface area contributed by atoms with Gasteiger partial charge in [-0.15, -0.1) is 11.3 Å². The fourth-order valence-electron chi connectivity index (χ4n) is 2.42. The monoisotopic (exact) mass is 292 g/mol. The molecule has 0 saturated heterocycles. The van der Waals surface area contributed by atoms with E-state index in [1.807, 2.05) is 35.4 Å². The van der Waals surface area contributed by atoms with Crippen molar-refractivity contribution >= 4 is 22.7 Å². The molecule has 1 aromatic heterocycles. The van der Waals surface area contributed by atoms with E-state index in [4.69, 9.17) is 5.73 Å². The van der Waals surface area contributed by atoms with Crippen LogP contribution in [0.4, 0.5) is 11.4 Å². The van der Waals surface area contributed by atoms with Crippen LogP contribution in [0.25, 0.3) is 10.4 Å². The van der Waals surface area contributed by atoms with Crippen molar-refractivity contribution in [3.63, 3.8) is 0 Å². The summed E-state index contributed by atoms with van der Waals surface area (Å²) in [6.07, 6.45) is 0. The first-order chi connectivity index (χ1) is 9.67. The number of rotatable bonds is 6. The van der Waals surface area contributed by atoms with Gasteiger partial charge in [0.05, 0.1) is 13.2 Å². The van der Waals surface area contributed by atoms with E-state index in [2.05, 4.69) is 6.07 Å². The van der Waals surface area contributed by atoms with Crippen LogP contribution in [0.5, 0.6) is 0 Å². The number of hydrogen-bond donors (Lipinski definition) is 3. The van der Waals surface area contributed by atoms with Crippen molar-refractivity contribution in [2.45, 2.75) is 6.92 Å². The van der Waals surface area contributed by atoms with Crippen molar-refractivity contribution < 1.29 is 10.2 Å². The molecule has 20 heavy (non-hydrogen) atoms. The zero-order chi connectivity index (χ0) is 14.5. The van der Waals surface area contributed by atoms with Crippen LogP contribution in [0.15, 0.2) is 29.6 Å². The molecule has 0 radical (unpaired) electrons. The van der Waals surface area contributed by atoms with Gasteiger partial charge in [0.15, 0.2) is 0 Å². The Morgan fingerprint density at radius 2 is 1.90 bits per heavy atom. The maximum atomic E-state index is 9.25. The predicted octanol–water partition coefficient (Wildman–Crippen LogP) is 2.10. The lowest BCUT2D eigenvalue weighted by Crippen LogP contribution is -2.30. The topological polar surface area (TPSA) is 69.7 Å². The molecule has 5 heteroatoms. The quantitative estimate of drug-likeness (QED) is 0.713. The molecule has 2 rings (SSSR count). The highest BCUT2D eigenvalue weighted by Gasteiger charge is 2.16. The maximum absolute atomic E-state index is 9.25. The van der Waals surface area contributed by atoms with Gasteiger partial charge in [0, 0.05) is 34.9 Å². The minimum Gasteiger partial charge on any atom is -0.399 e. The molecule has 1 aromatic carbocycles. The number of anilines is 2. The van der Waals surface area contributed by atoms with E-state index in [1.54, 1.807) is 11.3 Å². The van der Waals surface area contributed by atoms with Gasteiger partial charge in [-0.2, -0.15) is 0 Å². The zero-order valence-corrected chi connectivity index (χ0v) is 12.4.